The first-order valence-electron chi connectivity index (χ1n) is 5.15. The Bertz CT molecular complexity index is 464. The van der Waals surface area contributed by atoms with E-state index in [1.807, 2.05) is 0 Å². The van der Waals surface area contributed by atoms with E-state index in [0.717, 1.165) is 6.07 Å². The Labute approximate surface area is 96.2 Å². The molecule has 0 radical (unpaired) electrons. The van der Waals surface area contributed by atoms with Crippen molar-refractivity contribution in [2.75, 3.05) is 18.9 Å². The van der Waals surface area contributed by atoms with Crippen molar-refractivity contribution in [3.05, 3.63) is 29.6 Å². The van der Waals surface area contributed by atoms with E-state index in [1.54, 1.807) is 7.05 Å². The largest absolute Gasteiger partial charge is 0.371 e. The molecule has 1 aliphatic heterocycles. The molecule has 0 saturated carbocycles. The Kier molecular flexibility index (Phi) is 2.95. The van der Waals surface area contributed by atoms with Crippen LogP contribution in [0.5, 0.6) is 0 Å². The second kappa shape index (κ2) is 4.27. The van der Waals surface area contributed by atoms with Crippen molar-refractivity contribution in [1.82, 2.24) is 4.90 Å². The molecule has 0 aliphatic carbocycles. The maximum Gasteiger partial charge on any atom is 0.244 e. The van der Waals surface area contributed by atoms with E-state index in [1.165, 1.54) is 4.90 Å². The van der Waals surface area contributed by atoms with Gasteiger partial charge >= 0.3 is 0 Å². The zero-order valence-corrected chi connectivity index (χ0v) is 9.14. The minimum absolute atomic E-state index is 0.186. The van der Waals surface area contributed by atoms with Crippen molar-refractivity contribution in [2.45, 2.75) is 12.5 Å². The van der Waals surface area contributed by atoms with E-state index in [-0.39, 0.29) is 11.6 Å². The molecule has 1 unspecified atom stereocenters. The minimum Gasteiger partial charge on any atom is -0.371 e. The average Bonchev–Trinajstić information content (AvgIpc) is 2.58. The lowest BCUT2D eigenvalue weighted by Crippen LogP contribution is -2.31. The van der Waals surface area contributed by atoms with E-state index in [2.05, 4.69) is 5.32 Å². The van der Waals surface area contributed by atoms with Crippen LogP contribution in [-0.4, -0.2) is 30.4 Å². The molecule has 1 heterocycles. The molecule has 92 valence electrons. The molecule has 1 aromatic carbocycles. The Hall–Kier alpha value is -1.72. The van der Waals surface area contributed by atoms with Gasteiger partial charge in [0.15, 0.2) is 11.6 Å². The van der Waals surface area contributed by atoms with Crippen molar-refractivity contribution in [2.24, 2.45) is 0 Å². The molecular weight excluding hydrogens is 233 g/mol. The number of hydrogen-bond donors (Lipinski definition) is 1. The van der Waals surface area contributed by atoms with E-state index in [4.69, 9.17) is 0 Å². The van der Waals surface area contributed by atoms with Gasteiger partial charge in [-0.3, -0.25) is 4.79 Å². The van der Waals surface area contributed by atoms with Crippen LogP contribution in [0.3, 0.4) is 0 Å². The van der Waals surface area contributed by atoms with Gasteiger partial charge in [-0.05, 0) is 6.42 Å². The van der Waals surface area contributed by atoms with Crippen LogP contribution in [0.25, 0.3) is 0 Å². The van der Waals surface area contributed by atoms with E-state index < -0.39 is 23.5 Å². The summed E-state index contributed by atoms with van der Waals surface area (Å²) in [6, 6.07) is 0.594. The van der Waals surface area contributed by atoms with Gasteiger partial charge in [0.05, 0.1) is 5.69 Å². The standard InChI is InChI=1S/C11H11F3N2O/c1-16-3-2-9(11(16)17)15-10-5-7(13)6(12)4-8(10)14/h4-5,9,15H,2-3H2,1H3. The van der Waals surface area contributed by atoms with Gasteiger partial charge in [0.25, 0.3) is 0 Å². The Morgan fingerprint density at radius 1 is 1.24 bits per heavy atom. The zero-order chi connectivity index (χ0) is 12.6. The highest BCUT2D eigenvalue weighted by atomic mass is 19.2. The number of nitrogens with zero attached hydrogens (tertiary/aromatic N) is 1. The lowest BCUT2D eigenvalue weighted by Gasteiger charge is -2.14. The van der Waals surface area contributed by atoms with Crippen LogP contribution in [0.1, 0.15) is 6.42 Å². The molecule has 1 saturated heterocycles. The van der Waals surface area contributed by atoms with Gasteiger partial charge in [0.1, 0.15) is 11.9 Å². The summed E-state index contributed by atoms with van der Waals surface area (Å²) in [5.74, 6) is -3.49. The summed E-state index contributed by atoms with van der Waals surface area (Å²) in [4.78, 5) is 13.0. The molecule has 6 heteroatoms. The molecule has 1 fully saturated rings. The van der Waals surface area contributed by atoms with Crippen molar-refractivity contribution < 1.29 is 18.0 Å². The van der Waals surface area contributed by atoms with Gasteiger partial charge in [-0.1, -0.05) is 0 Å². The highest BCUT2D eigenvalue weighted by molar-refractivity contribution is 5.86. The zero-order valence-electron chi connectivity index (χ0n) is 9.14. The van der Waals surface area contributed by atoms with Crippen molar-refractivity contribution in [3.8, 4) is 0 Å². The number of hydrogen-bond acceptors (Lipinski definition) is 2. The first kappa shape index (κ1) is 11.8. The number of carbonyl (C=O) groups is 1. The maximum absolute atomic E-state index is 13.3. The summed E-state index contributed by atoms with van der Waals surface area (Å²) in [5.41, 5.74) is -0.197. The molecule has 0 aromatic heterocycles. The predicted octanol–water partition coefficient (Wildman–Crippen LogP) is 1.75. The number of likely N-dealkylation sites (N-methyl/N-ethyl adjacent to an activating group) is 1. The van der Waals surface area contributed by atoms with Crippen LogP contribution < -0.4 is 5.32 Å². The molecular formula is C11H11F3N2O. The minimum atomic E-state index is -1.25. The summed E-state index contributed by atoms with van der Waals surface area (Å²) in [6.45, 7) is 0.557. The highest BCUT2D eigenvalue weighted by Gasteiger charge is 2.29. The number of rotatable bonds is 2. The first-order chi connectivity index (χ1) is 7.99. The lowest BCUT2D eigenvalue weighted by atomic mass is 10.2. The molecule has 0 bridgehead atoms. The maximum atomic E-state index is 13.3. The number of anilines is 1. The van der Waals surface area contributed by atoms with E-state index in [0.29, 0.717) is 19.0 Å². The Morgan fingerprint density at radius 3 is 2.47 bits per heavy atom. The molecule has 3 nitrogen and oxygen atoms in total. The monoisotopic (exact) mass is 244 g/mol. The number of likely N-dealkylation sites (tertiary alicyclic amines) is 1. The second-order valence-electron chi connectivity index (χ2n) is 3.99. The number of benzene rings is 1. The number of nitrogens with one attached hydrogen (secondary N) is 1. The van der Waals surface area contributed by atoms with E-state index in [9.17, 15) is 18.0 Å². The smallest absolute Gasteiger partial charge is 0.244 e. The molecule has 1 amide bonds. The summed E-state index contributed by atoms with van der Waals surface area (Å²) >= 11 is 0. The van der Waals surface area contributed by atoms with Gasteiger partial charge in [0, 0.05) is 25.7 Å². The molecule has 1 aliphatic rings. The van der Waals surface area contributed by atoms with Crippen LogP contribution >= 0.6 is 0 Å². The average molecular weight is 244 g/mol. The van der Waals surface area contributed by atoms with Gasteiger partial charge in [0.2, 0.25) is 5.91 Å². The van der Waals surface area contributed by atoms with Crippen molar-refractivity contribution >= 4 is 11.6 Å². The lowest BCUT2D eigenvalue weighted by molar-refractivity contribution is -0.127. The Morgan fingerprint density at radius 2 is 1.88 bits per heavy atom. The van der Waals surface area contributed by atoms with Gasteiger partial charge < -0.3 is 10.2 Å². The first-order valence-corrected chi connectivity index (χ1v) is 5.15. The topological polar surface area (TPSA) is 32.3 Å². The highest BCUT2D eigenvalue weighted by Crippen LogP contribution is 2.21. The van der Waals surface area contributed by atoms with Crippen molar-refractivity contribution in [3.63, 3.8) is 0 Å². The molecule has 2 rings (SSSR count). The number of amides is 1. The number of carbonyl (C=O) groups excluding carboxylic acids is 1. The fraction of sp³-hybridized carbons (Fsp3) is 0.364. The van der Waals surface area contributed by atoms with Crippen LogP contribution in [0, 0.1) is 17.5 Å². The molecule has 0 spiro atoms. The summed E-state index contributed by atoms with van der Waals surface area (Å²) < 4.78 is 38.9. The Balaban J connectivity index is 2.19. The van der Waals surface area contributed by atoms with Gasteiger partial charge in [-0.15, -0.1) is 0 Å². The van der Waals surface area contributed by atoms with Crippen LogP contribution in [0.2, 0.25) is 0 Å². The molecule has 17 heavy (non-hydrogen) atoms. The van der Waals surface area contributed by atoms with Gasteiger partial charge in [-0.2, -0.15) is 0 Å². The third-order valence-electron chi connectivity index (χ3n) is 2.77. The second-order valence-corrected chi connectivity index (χ2v) is 3.99. The fourth-order valence-corrected chi connectivity index (χ4v) is 1.78. The van der Waals surface area contributed by atoms with E-state index >= 15 is 0 Å². The third-order valence-corrected chi connectivity index (χ3v) is 2.77. The van der Waals surface area contributed by atoms with Crippen LogP contribution in [-0.2, 0) is 4.79 Å². The molecule has 1 atom stereocenters. The van der Waals surface area contributed by atoms with Gasteiger partial charge in [-0.25, -0.2) is 13.2 Å². The SMILES string of the molecule is CN1CCC(Nc2cc(F)c(F)cc2F)C1=O. The summed E-state index contributed by atoms with van der Waals surface area (Å²) in [6.07, 6.45) is 0.508. The predicted molar refractivity (Wildman–Crippen MR) is 56.0 cm³/mol. The third kappa shape index (κ3) is 2.20. The summed E-state index contributed by atoms with van der Waals surface area (Å²) in [7, 11) is 1.63. The summed E-state index contributed by atoms with van der Waals surface area (Å²) in [5, 5.41) is 2.58. The molecule has 1 N–H and O–H groups in total. The fourth-order valence-electron chi connectivity index (χ4n) is 1.78. The number of halogens is 3. The van der Waals surface area contributed by atoms with Crippen LogP contribution in [0.4, 0.5) is 18.9 Å². The van der Waals surface area contributed by atoms with Crippen LogP contribution in [0.15, 0.2) is 12.1 Å². The quantitative estimate of drug-likeness (QED) is 0.804. The van der Waals surface area contributed by atoms with Crippen molar-refractivity contribution in [1.29, 1.82) is 0 Å². The molecule has 1 aromatic rings. The normalized spacial score (nSPS) is 19.9.